The molecule has 1 aromatic heterocycles. The summed E-state index contributed by atoms with van der Waals surface area (Å²) in [5.41, 5.74) is 1.89. The minimum absolute atomic E-state index is 0.00132. The summed E-state index contributed by atoms with van der Waals surface area (Å²) in [6.07, 6.45) is 1.44. The molecule has 0 saturated carbocycles. The van der Waals surface area contributed by atoms with E-state index in [2.05, 4.69) is 11.6 Å². The summed E-state index contributed by atoms with van der Waals surface area (Å²) in [5, 5.41) is 11.7. The standard InChI is InChI=1S/C34H28N2O8S/c1-3-14-43-33(40)31-20(2)35-34(45-31)36-28(22-10-7-11-24(17-22)44-19-21-8-5-4-6-9-21)27(30(38)32(36)39)29(37)23-12-13-25-26(18-23)42-16-15-41-25/h3-13,17-18,28,37H,1,14-16,19H2,2H3/b29-27+/t28-/m1/s1. The van der Waals surface area contributed by atoms with E-state index in [-0.39, 0.29) is 27.8 Å². The smallest absolute Gasteiger partial charge is 0.350 e. The number of esters is 1. The number of ketones is 1. The molecule has 0 bridgehead atoms. The van der Waals surface area contributed by atoms with E-state index >= 15 is 0 Å². The number of aliphatic hydroxyl groups excluding tert-OH is 1. The van der Waals surface area contributed by atoms with Crippen molar-refractivity contribution in [3.63, 3.8) is 0 Å². The lowest BCUT2D eigenvalue weighted by molar-refractivity contribution is -0.132. The number of fused-ring (bicyclic) bond motifs is 1. The van der Waals surface area contributed by atoms with E-state index in [0.29, 0.717) is 48.3 Å². The van der Waals surface area contributed by atoms with Crippen molar-refractivity contribution in [2.75, 3.05) is 24.7 Å². The van der Waals surface area contributed by atoms with Gasteiger partial charge in [-0.2, -0.15) is 0 Å². The third kappa shape index (κ3) is 5.89. The highest BCUT2D eigenvalue weighted by Gasteiger charge is 2.48. The monoisotopic (exact) mass is 624 g/mol. The topological polar surface area (TPSA) is 124 Å². The van der Waals surface area contributed by atoms with E-state index in [1.54, 1.807) is 49.4 Å². The fourth-order valence-electron chi connectivity index (χ4n) is 5.08. The minimum atomic E-state index is -1.10. The Balaban J connectivity index is 1.45. The summed E-state index contributed by atoms with van der Waals surface area (Å²) in [7, 11) is 0. The molecule has 6 rings (SSSR count). The summed E-state index contributed by atoms with van der Waals surface area (Å²) in [6, 6.07) is 20.3. The van der Waals surface area contributed by atoms with Crippen molar-refractivity contribution < 1.29 is 38.4 Å². The number of rotatable bonds is 9. The Morgan fingerprint density at radius 1 is 1.07 bits per heavy atom. The van der Waals surface area contributed by atoms with E-state index in [9.17, 15) is 19.5 Å². The molecule has 1 atom stereocenters. The van der Waals surface area contributed by atoms with E-state index < -0.39 is 29.5 Å². The maximum atomic E-state index is 13.7. The fourth-order valence-corrected chi connectivity index (χ4v) is 6.07. The molecule has 45 heavy (non-hydrogen) atoms. The van der Waals surface area contributed by atoms with Gasteiger partial charge in [0.2, 0.25) is 0 Å². The number of carbonyl (C=O) groups excluding carboxylic acids is 3. The van der Waals surface area contributed by atoms with Crippen molar-refractivity contribution >= 4 is 39.9 Å². The van der Waals surface area contributed by atoms with Crippen LogP contribution in [0.1, 0.15) is 38.1 Å². The van der Waals surface area contributed by atoms with Gasteiger partial charge in [0.1, 0.15) is 42.8 Å². The number of anilines is 1. The van der Waals surface area contributed by atoms with Crippen LogP contribution in [0.15, 0.2) is 91.0 Å². The first-order valence-corrected chi connectivity index (χ1v) is 14.9. The Morgan fingerprint density at radius 3 is 2.62 bits per heavy atom. The Morgan fingerprint density at radius 2 is 1.84 bits per heavy atom. The van der Waals surface area contributed by atoms with Crippen LogP contribution in [0.2, 0.25) is 0 Å². The first kappa shape index (κ1) is 29.6. The molecule has 228 valence electrons. The predicted molar refractivity (Wildman–Crippen MR) is 167 cm³/mol. The molecule has 4 aromatic rings. The molecule has 0 unspecified atom stereocenters. The van der Waals surface area contributed by atoms with Crippen molar-refractivity contribution in [1.82, 2.24) is 4.98 Å². The summed E-state index contributed by atoms with van der Waals surface area (Å²) in [6.45, 7) is 6.19. The lowest BCUT2D eigenvalue weighted by Crippen LogP contribution is -2.29. The quantitative estimate of drug-likeness (QED) is 0.0812. The molecule has 1 N–H and O–H groups in total. The highest BCUT2D eigenvalue weighted by molar-refractivity contribution is 7.17. The van der Waals surface area contributed by atoms with Gasteiger partial charge >= 0.3 is 11.9 Å². The van der Waals surface area contributed by atoms with E-state index in [1.165, 1.54) is 11.0 Å². The van der Waals surface area contributed by atoms with Gasteiger partial charge in [0.05, 0.1) is 17.3 Å². The average Bonchev–Trinajstić information content (AvgIpc) is 3.58. The zero-order valence-corrected chi connectivity index (χ0v) is 25.0. The number of hydrogen-bond acceptors (Lipinski definition) is 10. The second-order valence-corrected chi connectivity index (χ2v) is 11.1. The zero-order chi connectivity index (χ0) is 31.5. The number of thiazole rings is 1. The van der Waals surface area contributed by atoms with Gasteiger partial charge in [0.15, 0.2) is 16.6 Å². The Kier molecular flexibility index (Phi) is 8.35. The van der Waals surface area contributed by atoms with Gasteiger partial charge in [-0.05, 0) is 48.4 Å². The molecule has 0 spiro atoms. The van der Waals surface area contributed by atoms with Gasteiger partial charge < -0.3 is 24.1 Å². The summed E-state index contributed by atoms with van der Waals surface area (Å²) < 4.78 is 22.5. The Bertz CT molecular complexity index is 1830. The minimum Gasteiger partial charge on any atom is -0.507 e. The van der Waals surface area contributed by atoms with E-state index in [0.717, 1.165) is 16.9 Å². The van der Waals surface area contributed by atoms with Gasteiger partial charge in [-0.1, -0.05) is 66.5 Å². The van der Waals surface area contributed by atoms with Crippen molar-refractivity contribution in [1.29, 1.82) is 0 Å². The van der Waals surface area contributed by atoms with E-state index in [4.69, 9.17) is 18.9 Å². The fraction of sp³-hybridized carbons (Fsp3) is 0.176. The summed E-state index contributed by atoms with van der Waals surface area (Å²) in [4.78, 5) is 46.0. The number of nitrogens with zero attached hydrogens (tertiary/aromatic N) is 2. The highest BCUT2D eigenvalue weighted by Crippen LogP contribution is 2.45. The molecule has 1 amide bonds. The summed E-state index contributed by atoms with van der Waals surface area (Å²) in [5.74, 6) is -1.44. The number of amides is 1. The van der Waals surface area contributed by atoms with Crippen LogP contribution in [-0.2, 0) is 20.9 Å². The second kappa shape index (κ2) is 12.7. The number of benzene rings is 3. The first-order chi connectivity index (χ1) is 21.9. The number of carbonyl (C=O) groups is 3. The maximum Gasteiger partial charge on any atom is 0.350 e. The third-order valence-electron chi connectivity index (χ3n) is 7.19. The van der Waals surface area contributed by atoms with Crippen molar-refractivity contribution in [2.45, 2.75) is 19.6 Å². The van der Waals surface area contributed by atoms with Crippen molar-refractivity contribution in [3.05, 3.63) is 118 Å². The third-order valence-corrected chi connectivity index (χ3v) is 8.33. The molecule has 1 saturated heterocycles. The van der Waals surface area contributed by atoms with Crippen LogP contribution in [0, 0.1) is 6.92 Å². The van der Waals surface area contributed by atoms with Crippen molar-refractivity contribution in [3.8, 4) is 17.2 Å². The van der Waals surface area contributed by atoms with Crippen LogP contribution in [0.25, 0.3) is 5.76 Å². The van der Waals surface area contributed by atoms with Gasteiger partial charge in [0.25, 0.3) is 5.78 Å². The van der Waals surface area contributed by atoms with Crippen LogP contribution >= 0.6 is 11.3 Å². The van der Waals surface area contributed by atoms with Gasteiger partial charge in [-0.3, -0.25) is 14.5 Å². The Labute approximate surface area is 262 Å². The molecule has 3 aromatic carbocycles. The van der Waals surface area contributed by atoms with Gasteiger partial charge in [-0.15, -0.1) is 0 Å². The average molecular weight is 625 g/mol. The van der Waals surface area contributed by atoms with E-state index in [1.807, 2.05) is 30.3 Å². The van der Waals surface area contributed by atoms with Crippen LogP contribution in [0.4, 0.5) is 5.13 Å². The molecule has 0 radical (unpaired) electrons. The molecule has 3 heterocycles. The molecule has 1 fully saturated rings. The van der Waals surface area contributed by atoms with Crippen LogP contribution in [0.3, 0.4) is 0 Å². The normalized spacial score (nSPS) is 16.8. The predicted octanol–water partition coefficient (Wildman–Crippen LogP) is 5.77. The lowest BCUT2D eigenvalue weighted by Gasteiger charge is -2.24. The lowest BCUT2D eigenvalue weighted by atomic mass is 9.95. The zero-order valence-electron chi connectivity index (χ0n) is 24.2. The van der Waals surface area contributed by atoms with Gasteiger partial charge in [-0.25, -0.2) is 9.78 Å². The molecule has 2 aliphatic rings. The number of hydrogen-bond donors (Lipinski definition) is 1. The van der Waals surface area contributed by atoms with Crippen molar-refractivity contribution in [2.24, 2.45) is 0 Å². The SMILES string of the molecule is C=CCOC(=O)c1sc(N2C(=O)C(=O)/C(=C(/O)c3ccc4c(c3)OCCO4)[C@H]2c2cccc(OCc3ccccc3)c2)nc1C. The Hall–Kier alpha value is -5.42. The summed E-state index contributed by atoms with van der Waals surface area (Å²) >= 11 is 0.920. The van der Waals surface area contributed by atoms with Crippen LogP contribution in [-0.4, -0.2) is 47.6 Å². The van der Waals surface area contributed by atoms with Crippen LogP contribution < -0.4 is 19.1 Å². The highest BCUT2D eigenvalue weighted by atomic mass is 32.1. The number of aliphatic hydroxyl groups is 1. The molecule has 10 nitrogen and oxygen atoms in total. The largest absolute Gasteiger partial charge is 0.507 e. The molecular formula is C34H28N2O8S. The first-order valence-electron chi connectivity index (χ1n) is 14.1. The number of Topliss-reactive ketones (excluding diaryl/α,β-unsaturated/α-hetero) is 1. The molecular weight excluding hydrogens is 596 g/mol. The second-order valence-electron chi connectivity index (χ2n) is 10.2. The molecule has 2 aliphatic heterocycles. The maximum absolute atomic E-state index is 13.7. The number of aromatic nitrogens is 1. The van der Waals surface area contributed by atoms with Gasteiger partial charge in [0, 0.05) is 5.56 Å². The molecule has 0 aliphatic carbocycles. The number of ether oxygens (including phenoxy) is 4. The molecule has 11 heteroatoms. The number of aryl methyl sites for hydroxylation is 1. The van der Waals surface area contributed by atoms with Crippen LogP contribution in [0.5, 0.6) is 17.2 Å².